The maximum Gasteiger partial charge on any atom is -0.0771 e. The van der Waals surface area contributed by atoms with Crippen LogP contribution in [0.4, 0.5) is 0 Å². The van der Waals surface area contributed by atoms with E-state index in [1.165, 1.54) is 21.5 Å². The van der Waals surface area contributed by atoms with Gasteiger partial charge in [-0.2, -0.15) is 0 Å². The first-order valence-electron chi connectivity index (χ1n) is 9.08. The zero-order valence-corrected chi connectivity index (χ0v) is 23.7. The molecule has 0 fully saturated rings. The summed E-state index contributed by atoms with van der Waals surface area (Å²) in [6.07, 6.45) is 0. The van der Waals surface area contributed by atoms with Gasteiger partial charge in [0, 0.05) is 0 Å². The molecule has 172 valence electrons. The molecule has 0 aliphatic carbocycles. The van der Waals surface area contributed by atoms with Crippen LogP contribution >= 0.6 is 24.8 Å². The summed E-state index contributed by atoms with van der Waals surface area (Å²) in [5.74, 6) is 0. The molecule has 3 aromatic rings. The molecule has 0 heterocycles. The summed E-state index contributed by atoms with van der Waals surface area (Å²) in [5.41, 5.74) is 6.69. The Bertz CT molecular complexity index is 739. The summed E-state index contributed by atoms with van der Waals surface area (Å²) in [5, 5.41) is 5.39. The molecule has 0 amide bonds. The van der Waals surface area contributed by atoms with Crippen LogP contribution in [0.2, 0.25) is 19.6 Å². The largest absolute Gasteiger partial charge is 0.358 e. The van der Waals surface area contributed by atoms with E-state index in [0.29, 0.717) is 6.61 Å². The number of hydrogen-bond acceptors (Lipinski definition) is 1. The number of fused-ring (bicyclic) bond motifs is 3. The maximum atomic E-state index is 6.94. The van der Waals surface area contributed by atoms with Gasteiger partial charge in [-0.3, -0.25) is 0 Å². The number of hydrogen-bond donors (Lipinski definition) is 0. The molecule has 0 aliphatic rings. The van der Waals surface area contributed by atoms with Gasteiger partial charge >= 0.3 is 24.8 Å². The molecule has 0 spiro atoms. The van der Waals surface area contributed by atoms with E-state index < -0.39 is 8.32 Å². The third-order valence-corrected chi connectivity index (χ3v) is 4.13. The van der Waals surface area contributed by atoms with E-state index in [1.54, 1.807) is 20.0 Å². The van der Waals surface area contributed by atoms with Crippen molar-refractivity contribution in [2.75, 3.05) is 6.61 Å². The quantitative estimate of drug-likeness (QED) is 0.255. The van der Waals surface area contributed by atoms with Crippen LogP contribution < -0.4 is 0 Å². The Labute approximate surface area is 210 Å². The van der Waals surface area contributed by atoms with Gasteiger partial charge in [-0.05, 0) is 19.6 Å². The van der Waals surface area contributed by atoms with E-state index in [0.717, 1.165) is 0 Å². The van der Waals surface area contributed by atoms with Crippen LogP contribution in [0.15, 0.2) is 54.6 Å². The number of benzene rings is 2. The third-order valence-electron chi connectivity index (χ3n) is 3.06. The summed E-state index contributed by atoms with van der Waals surface area (Å²) in [6, 6.07) is 19.3. The van der Waals surface area contributed by atoms with E-state index in [1.807, 2.05) is 20.8 Å². The summed E-state index contributed by atoms with van der Waals surface area (Å²) in [6.45, 7) is 16.2. The fourth-order valence-corrected chi connectivity index (χ4v) is 2.82. The predicted octanol–water partition coefficient (Wildman–Crippen LogP) is 8.48. The van der Waals surface area contributed by atoms with Crippen LogP contribution in [0.5, 0.6) is 0 Å². The standard InChI is InChI=1S/C13H9.C5H13OSi.C4H10N.CH3.CH2.2ClH.Ti/c1-3-7-12-10(5-1)9-11-6-2-4-8-13(11)12;1-5-6-7(2,3)4;1-4(2,3)5;;;;;/h1-9H;1,5H2,2-4H3;5H,1-3H3;1H3;1H2;2*1H;/q4*-1;;;;. The summed E-state index contributed by atoms with van der Waals surface area (Å²) < 4.78 is 5.26. The van der Waals surface area contributed by atoms with Crippen molar-refractivity contribution in [1.82, 2.24) is 0 Å². The van der Waals surface area contributed by atoms with Gasteiger partial charge in [-0.15, -0.1) is 70.1 Å². The average molecular weight is 504 g/mol. The minimum absolute atomic E-state index is 0. The van der Waals surface area contributed by atoms with E-state index in [2.05, 4.69) is 86.0 Å². The molecule has 30 heavy (non-hydrogen) atoms. The Morgan fingerprint density at radius 2 is 1.23 bits per heavy atom. The zero-order valence-electron chi connectivity index (χ0n) is 19.5. The van der Waals surface area contributed by atoms with Crippen molar-refractivity contribution < 1.29 is 24.4 Å². The molecular weight excluding hydrogens is 465 g/mol. The third kappa shape index (κ3) is 17.3. The second kappa shape index (κ2) is 18.2. The average Bonchev–Trinajstić information content (AvgIpc) is 2.93. The van der Waals surface area contributed by atoms with Gasteiger partial charge in [-0.25, -0.2) is 0 Å². The SMILES string of the molecule is CC(C)(C)[NH-].Cl.Cl.[CH2-]CO[Si](C)(C)C.[CH2]=[Ti].[CH3-].c1ccc2c(c1)[cH-]c1ccccc12. The van der Waals surface area contributed by atoms with Crippen LogP contribution in [-0.4, -0.2) is 25.3 Å². The monoisotopic (exact) mass is 503 g/mol. The fourth-order valence-electron chi connectivity index (χ4n) is 2.21. The van der Waals surface area contributed by atoms with Gasteiger partial charge in [0.05, 0.1) is 0 Å². The van der Waals surface area contributed by atoms with Crippen LogP contribution in [0.25, 0.3) is 27.3 Å². The molecule has 2 nitrogen and oxygen atoms in total. The van der Waals surface area contributed by atoms with Crippen molar-refractivity contribution in [3.05, 3.63) is 74.7 Å². The van der Waals surface area contributed by atoms with Crippen LogP contribution in [0.1, 0.15) is 20.8 Å². The zero-order chi connectivity index (χ0) is 21.1. The Balaban J connectivity index is -0.000000174. The second-order valence-corrected chi connectivity index (χ2v) is 12.5. The first kappa shape index (κ1) is 37.0. The van der Waals surface area contributed by atoms with Gasteiger partial charge in [-0.1, -0.05) is 63.8 Å². The second-order valence-electron chi connectivity index (χ2n) is 8.03. The predicted molar refractivity (Wildman–Crippen MR) is 144 cm³/mol. The molecule has 1 N–H and O–H groups in total. The Kier molecular flexibility index (Phi) is 22.4. The molecule has 0 bridgehead atoms. The van der Waals surface area contributed by atoms with Crippen molar-refractivity contribution in [1.29, 1.82) is 0 Å². The van der Waals surface area contributed by atoms with Gasteiger partial charge < -0.3 is 24.5 Å². The molecular formula is C24H39Cl2NOSiTi-4. The smallest absolute Gasteiger partial charge is 0.0771 e. The first-order chi connectivity index (χ1) is 12.5. The molecule has 0 unspecified atom stereocenters. The van der Waals surface area contributed by atoms with E-state index in [9.17, 15) is 0 Å². The minimum atomic E-state index is -1.22. The number of halogens is 2. The Hall–Kier alpha value is -0.389. The van der Waals surface area contributed by atoms with E-state index >= 15 is 0 Å². The number of rotatable bonds is 2. The summed E-state index contributed by atoms with van der Waals surface area (Å²) in [7, 11) is -1.22. The minimum Gasteiger partial charge on any atom is -0.358 e. The van der Waals surface area contributed by atoms with Crippen LogP contribution in [0, 0.1) is 14.4 Å². The van der Waals surface area contributed by atoms with Gasteiger partial charge in [0.25, 0.3) is 0 Å². The van der Waals surface area contributed by atoms with E-state index in [-0.39, 0.29) is 37.8 Å². The van der Waals surface area contributed by atoms with Gasteiger partial charge in [0.15, 0.2) is 8.32 Å². The van der Waals surface area contributed by atoms with Crippen LogP contribution in [-0.2, 0) is 24.4 Å². The normalized spacial score (nSPS) is 9.70. The van der Waals surface area contributed by atoms with Crippen molar-refractivity contribution in [2.24, 2.45) is 0 Å². The molecule has 0 atom stereocenters. The molecule has 0 saturated heterocycles. The molecule has 0 aromatic heterocycles. The topological polar surface area (TPSA) is 33.0 Å². The van der Waals surface area contributed by atoms with Crippen molar-refractivity contribution in [3.8, 4) is 0 Å². The summed E-state index contributed by atoms with van der Waals surface area (Å²) in [4.78, 5) is 3.25. The van der Waals surface area contributed by atoms with Gasteiger partial charge in [0.1, 0.15) is 0 Å². The van der Waals surface area contributed by atoms with E-state index in [4.69, 9.17) is 10.2 Å². The van der Waals surface area contributed by atoms with Crippen LogP contribution in [0.3, 0.4) is 0 Å². The van der Waals surface area contributed by atoms with Gasteiger partial charge in [0.2, 0.25) is 0 Å². The molecule has 3 aromatic carbocycles. The van der Waals surface area contributed by atoms with Crippen molar-refractivity contribution >= 4 is 59.5 Å². The van der Waals surface area contributed by atoms with Crippen molar-refractivity contribution in [2.45, 2.75) is 46.0 Å². The molecule has 0 saturated carbocycles. The molecule has 0 aliphatic heterocycles. The fraction of sp³-hybridized carbons (Fsp3) is 0.333. The first-order valence-corrected chi connectivity index (χ1v) is 13.6. The summed E-state index contributed by atoms with van der Waals surface area (Å²) >= 11 is 1.75. The Morgan fingerprint density at radius 1 is 0.933 bits per heavy atom. The maximum absolute atomic E-state index is 6.94. The molecule has 3 rings (SSSR count). The Morgan fingerprint density at radius 3 is 1.47 bits per heavy atom. The molecule has 6 heteroatoms. The van der Waals surface area contributed by atoms with Crippen molar-refractivity contribution in [3.63, 3.8) is 0 Å². The number of nitrogens with one attached hydrogen (secondary N) is 1. The molecule has 0 radical (unpaired) electrons.